The molecule has 0 fully saturated rings. The first kappa shape index (κ1) is 15.3. The van der Waals surface area contributed by atoms with Gasteiger partial charge in [0.05, 0.1) is 15.9 Å². The van der Waals surface area contributed by atoms with Crippen molar-refractivity contribution < 1.29 is 0 Å². The highest BCUT2D eigenvalue weighted by Gasteiger charge is 2.22. The molecule has 3 nitrogen and oxygen atoms in total. The lowest BCUT2D eigenvalue weighted by molar-refractivity contribution is 0.425. The summed E-state index contributed by atoms with van der Waals surface area (Å²) < 4.78 is 2.96. The average Bonchev–Trinajstić information content (AvgIpc) is 2.61. The van der Waals surface area contributed by atoms with Crippen LogP contribution in [0.25, 0.3) is 0 Å². The monoisotopic (exact) mass is 341 g/mol. The Balaban J connectivity index is 2.79. The van der Waals surface area contributed by atoms with E-state index >= 15 is 0 Å². The molecule has 0 radical (unpaired) electrons. The van der Waals surface area contributed by atoms with Crippen molar-refractivity contribution in [3.63, 3.8) is 0 Å². The second kappa shape index (κ2) is 6.41. The lowest BCUT2D eigenvalue weighted by Crippen LogP contribution is -2.45. The number of rotatable bonds is 6. The van der Waals surface area contributed by atoms with Gasteiger partial charge in [0.25, 0.3) is 0 Å². The van der Waals surface area contributed by atoms with Gasteiger partial charge in [0.15, 0.2) is 0 Å². The first-order chi connectivity index (χ1) is 7.97. The number of aryl methyl sites for hydroxylation is 2. The molecule has 0 amide bonds. The smallest absolute Gasteiger partial charge is 0.0767 e. The summed E-state index contributed by atoms with van der Waals surface area (Å²) in [7, 11) is 1.94. The highest BCUT2D eigenvalue weighted by Crippen LogP contribution is 2.22. The van der Waals surface area contributed by atoms with Crippen LogP contribution >= 0.6 is 39.1 Å². The third-order valence-electron chi connectivity index (χ3n) is 2.78. The Morgan fingerprint density at radius 3 is 2.41 bits per heavy atom. The number of nitrogens with one attached hydrogen (secondary N) is 1. The molecule has 0 unspecified atom stereocenters. The number of aromatic nitrogens is 2. The molecule has 1 N–H and O–H groups in total. The molecule has 0 aliphatic rings. The van der Waals surface area contributed by atoms with E-state index in [0.29, 0.717) is 18.3 Å². The van der Waals surface area contributed by atoms with Gasteiger partial charge in [-0.25, -0.2) is 0 Å². The molecule has 0 spiro atoms. The molecule has 1 aromatic heterocycles. The first-order valence-corrected chi connectivity index (χ1v) is 7.40. The fourth-order valence-electron chi connectivity index (χ4n) is 1.44. The third-order valence-corrected chi connectivity index (χ3v) is 4.87. The van der Waals surface area contributed by atoms with Crippen molar-refractivity contribution in [3.05, 3.63) is 15.9 Å². The van der Waals surface area contributed by atoms with E-state index in [2.05, 4.69) is 33.3 Å². The van der Waals surface area contributed by atoms with Gasteiger partial charge < -0.3 is 5.32 Å². The Hall–Kier alpha value is 0.230. The summed E-state index contributed by atoms with van der Waals surface area (Å²) in [4.78, 5) is 0. The molecule has 1 aromatic rings. The molecular weight excluding hydrogens is 325 g/mol. The van der Waals surface area contributed by atoms with Crippen molar-refractivity contribution in [2.75, 3.05) is 11.8 Å². The molecule has 0 aromatic carbocycles. The number of hydrogen-bond donors (Lipinski definition) is 1. The second-order valence-electron chi connectivity index (χ2n) is 4.37. The summed E-state index contributed by atoms with van der Waals surface area (Å²) in [5.41, 5.74) is 1.94. The van der Waals surface area contributed by atoms with Crippen molar-refractivity contribution in [2.24, 2.45) is 7.05 Å². The van der Waals surface area contributed by atoms with Gasteiger partial charge >= 0.3 is 0 Å². The number of alkyl halides is 2. The first-order valence-electron chi connectivity index (χ1n) is 5.54. The fraction of sp³-hybridized carbons (Fsp3) is 0.727. The molecule has 0 aliphatic carbocycles. The molecular formula is C11H18BrCl2N3. The summed E-state index contributed by atoms with van der Waals surface area (Å²) >= 11 is 15.4. The van der Waals surface area contributed by atoms with Gasteiger partial charge in [-0.15, -0.1) is 23.2 Å². The largest absolute Gasteiger partial charge is 0.304 e. The van der Waals surface area contributed by atoms with Crippen molar-refractivity contribution in [1.82, 2.24) is 15.1 Å². The summed E-state index contributed by atoms with van der Waals surface area (Å²) in [6.45, 7) is 4.80. The summed E-state index contributed by atoms with van der Waals surface area (Å²) in [5, 5.41) is 7.82. The van der Waals surface area contributed by atoms with Gasteiger partial charge in [-0.1, -0.05) is 6.92 Å². The van der Waals surface area contributed by atoms with Gasteiger partial charge in [-0.3, -0.25) is 4.68 Å². The van der Waals surface area contributed by atoms with Gasteiger partial charge in [0, 0.05) is 30.9 Å². The van der Waals surface area contributed by atoms with E-state index in [1.54, 1.807) is 0 Å². The number of halogens is 3. The molecule has 0 saturated carbocycles. The molecule has 17 heavy (non-hydrogen) atoms. The van der Waals surface area contributed by atoms with E-state index in [-0.39, 0.29) is 5.54 Å². The zero-order valence-electron chi connectivity index (χ0n) is 10.4. The Morgan fingerprint density at radius 1 is 1.41 bits per heavy atom. The van der Waals surface area contributed by atoms with Gasteiger partial charge in [0.1, 0.15) is 0 Å². The predicted molar refractivity (Wildman–Crippen MR) is 77.0 cm³/mol. The standard InChI is InChI=1S/C11H18BrCl2N3/c1-4-8-10(12)9(17(3)16-8)5-15-11(2,6-13)7-14/h15H,4-7H2,1-3H3. The zero-order valence-corrected chi connectivity index (χ0v) is 13.5. The van der Waals surface area contributed by atoms with Crippen LogP contribution in [0.2, 0.25) is 0 Å². The number of hydrogen-bond acceptors (Lipinski definition) is 2. The van der Waals surface area contributed by atoms with Crippen LogP contribution in [0, 0.1) is 0 Å². The maximum atomic E-state index is 5.91. The van der Waals surface area contributed by atoms with Crippen LogP contribution in [0.4, 0.5) is 0 Å². The van der Waals surface area contributed by atoms with Crippen molar-refractivity contribution in [2.45, 2.75) is 32.4 Å². The quantitative estimate of drug-likeness (QED) is 0.805. The molecule has 0 saturated heterocycles. The summed E-state index contributed by atoms with van der Waals surface area (Å²) in [6.07, 6.45) is 0.913. The fourth-order valence-corrected chi connectivity index (χ4v) is 2.67. The Morgan fingerprint density at radius 2 is 2.00 bits per heavy atom. The minimum atomic E-state index is -0.251. The molecule has 0 aliphatic heterocycles. The Kier molecular flexibility index (Phi) is 5.77. The van der Waals surface area contributed by atoms with Gasteiger partial charge in [-0.05, 0) is 29.3 Å². The molecule has 6 heteroatoms. The summed E-state index contributed by atoms with van der Waals surface area (Å²) in [6, 6.07) is 0. The molecule has 1 rings (SSSR count). The van der Waals surface area contributed by atoms with E-state index in [1.807, 2.05) is 18.7 Å². The summed E-state index contributed by atoms with van der Waals surface area (Å²) in [5.74, 6) is 0.958. The molecule has 1 heterocycles. The van der Waals surface area contributed by atoms with Crippen LogP contribution < -0.4 is 5.32 Å². The van der Waals surface area contributed by atoms with Crippen molar-refractivity contribution in [3.8, 4) is 0 Å². The van der Waals surface area contributed by atoms with E-state index in [4.69, 9.17) is 23.2 Å². The van der Waals surface area contributed by atoms with Crippen molar-refractivity contribution in [1.29, 1.82) is 0 Å². The van der Waals surface area contributed by atoms with Crippen molar-refractivity contribution >= 4 is 39.1 Å². The van der Waals surface area contributed by atoms with E-state index < -0.39 is 0 Å². The average molecular weight is 343 g/mol. The lowest BCUT2D eigenvalue weighted by atomic mass is 10.1. The maximum absolute atomic E-state index is 5.91. The lowest BCUT2D eigenvalue weighted by Gasteiger charge is -2.26. The minimum Gasteiger partial charge on any atom is -0.304 e. The van der Waals surface area contributed by atoms with E-state index in [0.717, 1.165) is 22.3 Å². The SMILES string of the molecule is CCc1nn(C)c(CNC(C)(CCl)CCl)c1Br. The minimum absolute atomic E-state index is 0.251. The second-order valence-corrected chi connectivity index (χ2v) is 5.69. The van der Waals surface area contributed by atoms with Crippen LogP contribution in [0.3, 0.4) is 0 Å². The third kappa shape index (κ3) is 3.60. The topological polar surface area (TPSA) is 29.9 Å². The van der Waals surface area contributed by atoms with Crippen LogP contribution in [0.5, 0.6) is 0 Å². The van der Waals surface area contributed by atoms with Crippen LogP contribution in [0.1, 0.15) is 25.2 Å². The predicted octanol–water partition coefficient (Wildman–Crippen LogP) is 3.07. The highest BCUT2D eigenvalue weighted by molar-refractivity contribution is 9.10. The Labute approximate surface area is 121 Å². The Bertz CT molecular complexity index is 375. The maximum Gasteiger partial charge on any atom is 0.0767 e. The van der Waals surface area contributed by atoms with Crippen LogP contribution in [-0.4, -0.2) is 27.1 Å². The molecule has 0 atom stereocenters. The van der Waals surface area contributed by atoms with Gasteiger partial charge in [-0.2, -0.15) is 5.10 Å². The van der Waals surface area contributed by atoms with E-state index in [9.17, 15) is 0 Å². The van der Waals surface area contributed by atoms with Crippen LogP contribution in [0.15, 0.2) is 4.47 Å². The van der Waals surface area contributed by atoms with Gasteiger partial charge in [0.2, 0.25) is 0 Å². The van der Waals surface area contributed by atoms with E-state index in [1.165, 1.54) is 0 Å². The highest BCUT2D eigenvalue weighted by atomic mass is 79.9. The molecule has 98 valence electrons. The molecule has 0 bridgehead atoms. The zero-order chi connectivity index (χ0) is 13.1. The normalized spacial score (nSPS) is 12.1. The van der Waals surface area contributed by atoms with Crippen LogP contribution in [-0.2, 0) is 20.0 Å². The number of nitrogens with zero attached hydrogens (tertiary/aromatic N) is 2.